The lowest BCUT2D eigenvalue weighted by atomic mass is 9.98. The van der Waals surface area contributed by atoms with E-state index in [9.17, 15) is 20.1 Å². The summed E-state index contributed by atoms with van der Waals surface area (Å²) < 4.78 is 0. The molecule has 0 unspecified atom stereocenters. The molecule has 2 amide bonds. The van der Waals surface area contributed by atoms with Crippen molar-refractivity contribution in [2.45, 2.75) is 69.2 Å². The van der Waals surface area contributed by atoms with Crippen molar-refractivity contribution in [2.75, 3.05) is 34.1 Å². The Labute approximate surface area is 256 Å². The molecular weight excluding hydrogens is 540 g/mol. The molecule has 0 aliphatic carbocycles. The minimum absolute atomic E-state index is 0.000566. The lowest BCUT2D eigenvalue weighted by Gasteiger charge is -2.43. The van der Waals surface area contributed by atoms with Crippen molar-refractivity contribution in [3.63, 3.8) is 0 Å². The number of nitriles is 2. The number of aryl methyl sites for hydroxylation is 2. The predicted octanol–water partition coefficient (Wildman–Crippen LogP) is 5.51. The SMILES string of the molecule is CC(=O)N(C)CN(C)C(C)=Nc1cc(C)c(C)c(C)c1C#N.CC(=O)N1CN(C(C)=Nc2cc(C)c(C)c(C)c2C#N)C1. The second-order valence-electron chi connectivity index (χ2n) is 11.2. The lowest BCUT2D eigenvalue weighted by molar-refractivity contribution is -0.139. The van der Waals surface area contributed by atoms with Gasteiger partial charge in [-0.05, 0) is 101 Å². The van der Waals surface area contributed by atoms with Crippen molar-refractivity contribution >= 4 is 34.9 Å². The van der Waals surface area contributed by atoms with Crippen LogP contribution in [0.4, 0.5) is 11.4 Å². The van der Waals surface area contributed by atoms with E-state index in [0.29, 0.717) is 42.5 Å². The fraction of sp³-hybridized carbons (Fsp3) is 0.455. The van der Waals surface area contributed by atoms with Crippen LogP contribution in [-0.4, -0.2) is 77.2 Å². The third kappa shape index (κ3) is 8.20. The van der Waals surface area contributed by atoms with E-state index in [4.69, 9.17) is 0 Å². The first-order chi connectivity index (χ1) is 20.0. The number of amidine groups is 2. The van der Waals surface area contributed by atoms with Gasteiger partial charge in [0.25, 0.3) is 0 Å². The fourth-order valence-electron chi connectivity index (χ4n) is 4.38. The number of nitrogens with zero attached hydrogens (tertiary/aromatic N) is 8. The smallest absolute Gasteiger partial charge is 0.222 e. The summed E-state index contributed by atoms with van der Waals surface area (Å²) in [5.41, 5.74) is 9.08. The Hall–Kier alpha value is -4.70. The maximum Gasteiger partial charge on any atom is 0.222 e. The molecule has 228 valence electrons. The Kier molecular flexibility index (Phi) is 11.6. The van der Waals surface area contributed by atoms with E-state index in [1.165, 1.54) is 6.92 Å². The summed E-state index contributed by atoms with van der Waals surface area (Å²) in [4.78, 5) is 38.9. The van der Waals surface area contributed by atoms with Crippen LogP contribution >= 0.6 is 0 Å². The molecule has 1 fully saturated rings. The molecule has 1 aliphatic rings. The number of amides is 2. The van der Waals surface area contributed by atoms with Crippen molar-refractivity contribution in [1.29, 1.82) is 10.5 Å². The first kappa shape index (κ1) is 34.5. The van der Waals surface area contributed by atoms with Gasteiger partial charge >= 0.3 is 0 Å². The number of benzene rings is 2. The summed E-state index contributed by atoms with van der Waals surface area (Å²) in [6.07, 6.45) is 0. The Bertz CT molecular complexity index is 1550. The van der Waals surface area contributed by atoms with E-state index in [1.54, 1.807) is 23.8 Å². The normalized spacial score (nSPS) is 12.9. The number of hydrogen-bond acceptors (Lipinski definition) is 6. The Morgan fingerprint density at radius 1 is 0.744 bits per heavy atom. The molecule has 0 saturated carbocycles. The van der Waals surface area contributed by atoms with Crippen LogP contribution in [0.15, 0.2) is 22.1 Å². The third-order valence-corrected chi connectivity index (χ3v) is 8.16. The average molecular weight is 585 g/mol. The van der Waals surface area contributed by atoms with Gasteiger partial charge in [-0.3, -0.25) is 9.59 Å². The molecule has 10 nitrogen and oxygen atoms in total. The summed E-state index contributed by atoms with van der Waals surface area (Å²) in [5.74, 6) is 1.65. The zero-order valence-electron chi connectivity index (χ0n) is 27.7. The first-order valence-electron chi connectivity index (χ1n) is 14.1. The zero-order chi connectivity index (χ0) is 32.8. The molecule has 0 spiro atoms. The van der Waals surface area contributed by atoms with Crippen molar-refractivity contribution < 1.29 is 9.59 Å². The fourth-order valence-corrected chi connectivity index (χ4v) is 4.38. The molecule has 2 aromatic rings. The number of hydrogen-bond donors (Lipinski definition) is 0. The van der Waals surface area contributed by atoms with Crippen LogP contribution < -0.4 is 0 Å². The van der Waals surface area contributed by atoms with E-state index >= 15 is 0 Å². The second-order valence-corrected chi connectivity index (χ2v) is 11.2. The third-order valence-electron chi connectivity index (χ3n) is 8.16. The van der Waals surface area contributed by atoms with Gasteiger partial charge in [-0.2, -0.15) is 10.5 Å². The van der Waals surface area contributed by atoms with Gasteiger partial charge in [-0.15, -0.1) is 0 Å². The summed E-state index contributed by atoms with van der Waals surface area (Å²) >= 11 is 0. The van der Waals surface area contributed by atoms with E-state index in [1.807, 2.05) is 84.4 Å². The highest BCUT2D eigenvalue weighted by molar-refractivity contribution is 5.86. The van der Waals surface area contributed by atoms with Gasteiger partial charge in [0.1, 0.15) is 23.8 Å². The van der Waals surface area contributed by atoms with Crippen LogP contribution in [0.25, 0.3) is 0 Å². The maximum atomic E-state index is 11.3. The molecule has 1 heterocycles. The van der Waals surface area contributed by atoms with Gasteiger partial charge < -0.3 is 19.6 Å². The highest BCUT2D eigenvalue weighted by Crippen LogP contribution is 2.29. The van der Waals surface area contributed by atoms with Crippen molar-refractivity contribution in [2.24, 2.45) is 9.98 Å². The molecule has 2 aromatic carbocycles. The maximum absolute atomic E-state index is 11.3. The Morgan fingerprint density at radius 2 is 1.19 bits per heavy atom. The Morgan fingerprint density at radius 3 is 1.58 bits per heavy atom. The second kappa shape index (κ2) is 14.5. The van der Waals surface area contributed by atoms with Gasteiger partial charge in [0.2, 0.25) is 11.8 Å². The van der Waals surface area contributed by atoms with Crippen LogP contribution in [-0.2, 0) is 9.59 Å². The first-order valence-corrected chi connectivity index (χ1v) is 14.1. The molecule has 0 N–H and O–H groups in total. The highest BCUT2D eigenvalue weighted by Gasteiger charge is 2.26. The van der Waals surface area contributed by atoms with E-state index in [0.717, 1.165) is 45.1 Å². The van der Waals surface area contributed by atoms with Crippen molar-refractivity contribution in [3.8, 4) is 12.1 Å². The predicted molar refractivity (Wildman–Crippen MR) is 171 cm³/mol. The van der Waals surface area contributed by atoms with Crippen LogP contribution in [0, 0.1) is 64.2 Å². The molecule has 0 atom stereocenters. The van der Waals surface area contributed by atoms with Gasteiger partial charge in [0, 0.05) is 27.9 Å². The van der Waals surface area contributed by atoms with Crippen LogP contribution in [0.1, 0.15) is 72.2 Å². The lowest BCUT2D eigenvalue weighted by Crippen LogP contribution is -2.58. The van der Waals surface area contributed by atoms with Crippen LogP contribution in [0.3, 0.4) is 0 Å². The summed E-state index contributed by atoms with van der Waals surface area (Å²) in [6.45, 7) is 20.4. The molecule has 1 saturated heterocycles. The highest BCUT2D eigenvalue weighted by atomic mass is 16.2. The molecule has 10 heteroatoms. The van der Waals surface area contributed by atoms with Gasteiger partial charge in [-0.1, -0.05) is 0 Å². The van der Waals surface area contributed by atoms with Crippen LogP contribution in [0.5, 0.6) is 0 Å². The van der Waals surface area contributed by atoms with Gasteiger partial charge in [0.15, 0.2) is 0 Å². The summed E-state index contributed by atoms with van der Waals surface area (Å²) in [6, 6.07) is 8.38. The molecule has 43 heavy (non-hydrogen) atoms. The molecular formula is C33H44N8O2. The van der Waals surface area contributed by atoms with Crippen LogP contribution in [0.2, 0.25) is 0 Å². The standard InChI is InChI=1S/C17H24N4O.C16H20N4O/c1-11-8-17(16(9-18)13(3)12(11)2)19-14(4)20(6)10-21(7)15(5)22;1-10-6-16(15(7-17)12(3)11(10)2)18-13(4)19-8-20(9-19)14(5)21/h8H,10H2,1-7H3;6H,8-9H2,1-5H3. The van der Waals surface area contributed by atoms with Gasteiger partial charge in [0.05, 0.1) is 42.5 Å². The molecule has 1 aliphatic heterocycles. The average Bonchev–Trinajstić information content (AvgIpc) is 2.90. The quantitative estimate of drug-likeness (QED) is 0.265. The van der Waals surface area contributed by atoms with E-state index in [-0.39, 0.29) is 11.8 Å². The van der Waals surface area contributed by atoms with Crippen molar-refractivity contribution in [1.82, 2.24) is 19.6 Å². The minimum atomic E-state index is -0.000566. The number of carbonyl (C=O) groups is 2. The van der Waals surface area contributed by atoms with E-state index in [2.05, 4.69) is 22.1 Å². The van der Waals surface area contributed by atoms with Gasteiger partial charge in [-0.25, -0.2) is 9.98 Å². The largest absolute Gasteiger partial charge is 0.346 e. The zero-order valence-corrected chi connectivity index (χ0v) is 27.7. The topological polar surface area (TPSA) is 119 Å². The molecule has 0 aromatic heterocycles. The minimum Gasteiger partial charge on any atom is -0.346 e. The summed E-state index contributed by atoms with van der Waals surface area (Å²) in [5, 5.41) is 18.8. The number of aliphatic imine (C=N–C) groups is 2. The van der Waals surface area contributed by atoms with Crippen molar-refractivity contribution in [3.05, 3.63) is 56.6 Å². The van der Waals surface area contributed by atoms with E-state index < -0.39 is 0 Å². The monoisotopic (exact) mass is 584 g/mol. The molecule has 3 rings (SSSR count). The Balaban J connectivity index is 0.000000300. The molecule has 0 bridgehead atoms. The number of carbonyl (C=O) groups excluding carboxylic acids is 2. The number of rotatable bonds is 4. The summed E-state index contributed by atoms with van der Waals surface area (Å²) in [7, 11) is 3.62. The molecule has 0 radical (unpaired) electrons.